The highest BCUT2D eigenvalue weighted by Gasteiger charge is 2.15. The fraction of sp³-hybridized carbons (Fsp3) is 0.471. The molecule has 4 N–H and O–H groups in total. The van der Waals surface area contributed by atoms with Gasteiger partial charge in [-0.25, -0.2) is 4.79 Å². The quantitative estimate of drug-likeness (QED) is 0.217. The number of benzene rings is 1. The van der Waals surface area contributed by atoms with E-state index in [0.29, 0.717) is 19.0 Å². The van der Waals surface area contributed by atoms with Crippen molar-refractivity contribution in [2.24, 2.45) is 4.99 Å². The number of halogens is 1. The molecule has 1 aromatic rings. The van der Waals surface area contributed by atoms with Gasteiger partial charge in [0.25, 0.3) is 0 Å². The molecule has 0 aliphatic heterocycles. The number of nitrogens with zero attached hydrogens (tertiary/aromatic N) is 1. The van der Waals surface area contributed by atoms with Crippen LogP contribution in [0, 0.1) is 0 Å². The minimum atomic E-state index is -0.527. The molecular weight excluding hydrogens is 449 g/mol. The van der Waals surface area contributed by atoms with Gasteiger partial charge in [-0.15, -0.1) is 24.0 Å². The second kappa shape index (κ2) is 12.3. The zero-order chi connectivity index (χ0) is 18.7. The number of alkyl carbamates (subject to hydrolysis) is 1. The first kappa shape index (κ1) is 24.0. The Balaban J connectivity index is 0.00000625. The van der Waals surface area contributed by atoms with Crippen molar-refractivity contribution < 1.29 is 14.3 Å². The van der Waals surface area contributed by atoms with Crippen LogP contribution in [0.25, 0.3) is 0 Å². The third-order valence-electron chi connectivity index (χ3n) is 2.78. The Kier molecular flexibility index (Phi) is 11.4. The fourth-order valence-corrected chi connectivity index (χ4v) is 1.77. The molecule has 9 heteroatoms. The molecule has 1 rings (SSSR count). The maximum absolute atomic E-state index is 11.9. The average molecular weight is 477 g/mol. The van der Waals surface area contributed by atoms with Crippen LogP contribution in [0.15, 0.2) is 35.3 Å². The summed E-state index contributed by atoms with van der Waals surface area (Å²) >= 11 is 0. The number of carbonyl (C=O) groups excluding carboxylic acids is 2. The summed E-state index contributed by atoms with van der Waals surface area (Å²) in [6.07, 6.45) is -0.473. The minimum absolute atomic E-state index is 0. The maximum Gasteiger partial charge on any atom is 0.407 e. The van der Waals surface area contributed by atoms with E-state index in [4.69, 9.17) is 4.74 Å². The molecule has 0 aliphatic carbocycles. The molecule has 0 saturated heterocycles. The van der Waals surface area contributed by atoms with E-state index in [-0.39, 0.29) is 36.4 Å². The number of guanidine groups is 1. The number of nitrogens with one attached hydrogen (secondary N) is 4. The molecule has 2 amide bonds. The van der Waals surface area contributed by atoms with Crippen LogP contribution in [0.3, 0.4) is 0 Å². The van der Waals surface area contributed by atoms with Crippen molar-refractivity contribution in [1.29, 1.82) is 0 Å². The van der Waals surface area contributed by atoms with Gasteiger partial charge in [-0.1, -0.05) is 18.2 Å². The van der Waals surface area contributed by atoms with E-state index in [0.717, 1.165) is 5.69 Å². The van der Waals surface area contributed by atoms with E-state index in [1.165, 1.54) is 0 Å². The monoisotopic (exact) mass is 477 g/mol. The molecule has 0 aromatic heterocycles. The first-order valence-corrected chi connectivity index (χ1v) is 8.06. The standard InChI is InChI=1S/C17H27N5O3.HI/c1-17(2,3)25-16(24)20-11-10-19-15(18-4)21-12-14(23)22-13-8-6-5-7-9-13;/h5-9H,10-12H2,1-4H3,(H,20,24)(H,22,23)(H2,18,19,21);1H. The van der Waals surface area contributed by atoms with Gasteiger partial charge in [-0.05, 0) is 32.9 Å². The maximum atomic E-state index is 11.9. The van der Waals surface area contributed by atoms with Crippen molar-refractivity contribution in [2.75, 3.05) is 32.0 Å². The topological polar surface area (TPSA) is 104 Å². The Morgan fingerprint density at radius 1 is 1.04 bits per heavy atom. The Morgan fingerprint density at radius 3 is 2.23 bits per heavy atom. The van der Waals surface area contributed by atoms with Crippen LogP contribution in [-0.2, 0) is 9.53 Å². The molecule has 0 unspecified atom stereocenters. The number of hydrogen-bond donors (Lipinski definition) is 4. The highest BCUT2D eigenvalue weighted by molar-refractivity contribution is 14.0. The van der Waals surface area contributed by atoms with Crippen LogP contribution in [0.1, 0.15) is 20.8 Å². The summed E-state index contributed by atoms with van der Waals surface area (Å²) in [5.74, 6) is 0.287. The van der Waals surface area contributed by atoms with Gasteiger partial charge in [-0.3, -0.25) is 9.79 Å². The molecule has 0 spiro atoms. The lowest BCUT2D eigenvalue weighted by molar-refractivity contribution is -0.115. The van der Waals surface area contributed by atoms with Crippen molar-refractivity contribution in [3.05, 3.63) is 30.3 Å². The lowest BCUT2D eigenvalue weighted by atomic mass is 10.2. The van der Waals surface area contributed by atoms with Crippen molar-refractivity contribution in [3.8, 4) is 0 Å². The summed E-state index contributed by atoms with van der Waals surface area (Å²) in [6.45, 7) is 6.30. The van der Waals surface area contributed by atoms with Crippen molar-refractivity contribution >= 4 is 47.6 Å². The Morgan fingerprint density at radius 2 is 1.65 bits per heavy atom. The molecule has 0 fully saturated rings. The smallest absolute Gasteiger partial charge is 0.407 e. The number of ether oxygens (including phenoxy) is 1. The van der Waals surface area contributed by atoms with Crippen LogP contribution in [-0.4, -0.2) is 50.2 Å². The molecule has 146 valence electrons. The molecular formula is C17H28IN5O3. The van der Waals surface area contributed by atoms with Gasteiger partial charge in [0.15, 0.2) is 5.96 Å². The summed E-state index contributed by atoms with van der Waals surface area (Å²) in [4.78, 5) is 27.4. The highest BCUT2D eigenvalue weighted by atomic mass is 127. The third kappa shape index (κ3) is 11.5. The number of aliphatic imine (C=N–C) groups is 1. The number of carbonyl (C=O) groups is 2. The minimum Gasteiger partial charge on any atom is -0.444 e. The molecule has 8 nitrogen and oxygen atoms in total. The Labute approximate surface area is 171 Å². The number of anilines is 1. The van der Waals surface area contributed by atoms with Gasteiger partial charge in [0.2, 0.25) is 5.91 Å². The van der Waals surface area contributed by atoms with Gasteiger partial charge in [0.1, 0.15) is 5.60 Å². The predicted molar refractivity (Wildman–Crippen MR) is 114 cm³/mol. The Bertz CT molecular complexity index is 588. The van der Waals surface area contributed by atoms with E-state index in [1.807, 2.05) is 30.3 Å². The second-order valence-corrected chi connectivity index (χ2v) is 6.20. The number of amides is 2. The predicted octanol–water partition coefficient (Wildman–Crippen LogP) is 1.93. The first-order valence-electron chi connectivity index (χ1n) is 8.06. The summed E-state index contributed by atoms with van der Waals surface area (Å²) in [7, 11) is 1.60. The average Bonchev–Trinajstić information content (AvgIpc) is 2.53. The van der Waals surface area contributed by atoms with E-state index in [9.17, 15) is 9.59 Å². The van der Waals surface area contributed by atoms with Crippen molar-refractivity contribution in [1.82, 2.24) is 16.0 Å². The molecule has 0 atom stereocenters. The van der Waals surface area contributed by atoms with Crippen LogP contribution in [0.2, 0.25) is 0 Å². The highest BCUT2D eigenvalue weighted by Crippen LogP contribution is 2.06. The van der Waals surface area contributed by atoms with Gasteiger partial charge < -0.3 is 26.0 Å². The first-order chi connectivity index (χ1) is 11.8. The SMILES string of the molecule is CN=C(NCCNC(=O)OC(C)(C)C)NCC(=O)Nc1ccccc1.I. The van der Waals surface area contributed by atoms with Gasteiger partial charge in [-0.2, -0.15) is 0 Å². The van der Waals surface area contributed by atoms with Crippen LogP contribution < -0.4 is 21.3 Å². The summed E-state index contributed by atoms with van der Waals surface area (Å²) in [6, 6.07) is 9.20. The molecule has 0 heterocycles. The number of rotatable bonds is 6. The normalized spacial score (nSPS) is 11.0. The van der Waals surface area contributed by atoms with Crippen LogP contribution >= 0.6 is 24.0 Å². The van der Waals surface area contributed by atoms with E-state index in [2.05, 4.69) is 26.3 Å². The summed E-state index contributed by atoms with van der Waals surface area (Å²) < 4.78 is 5.13. The van der Waals surface area contributed by atoms with E-state index < -0.39 is 11.7 Å². The molecule has 1 aromatic carbocycles. The zero-order valence-corrected chi connectivity index (χ0v) is 17.9. The van der Waals surface area contributed by atoms with E-state index >= 15 is 0 Å². The van der Waals surface area contributed by atoms with E-state index in [1.54, 1.807) is 27.8 Å². The molecule has 0 radical (unpaired) electrons. The van der Waals surface area contributed by atoms with Gasteiger partial charge in [0.05, 0.1) is 6.54 Å². The lowest BCUT2D eigenvalue weighted by Crippen LogP contribution is -2.44. The van der Waals surface area contributed by atoms with Crippen LogP contribution in [0.5, 0.6) is 0 Å². The van der Waals surface area contributed by atoms with Crippen molar-refractivity contribution in [3.63, 3.8) is 0 Å². The lowest BCUT2D eigenvalue weighted by Gasteiger charge is -2.19. The van der Waals surface area contributed by atoms with Gasteiger partial charge in [0, 0.05) is 25.8 Å². The molecule has 0 bridgehead atoms. The Hall–Kier alpha value is -2.04. The summed E-state index contributed by atoms with van der Waals surface area (Å²) in [5, 5.41) is 11.3. The molecule has 26 heavy (non-hydrogen) atoms. The third-order valence-corrected chi connectivity index (χ3v) is 2.78. The largest absolute Gasteiger partial charge is 0.444 e. The second-order valence-electron chi connectivity index (χ2n) is 6.20. The number of para-hydroxylation sites is 1. The zero-order valence-electron chi connectivity index (χ0n) is 15.6. The van der Waals surface area contributed by atoms with Crippen LogP contribution in [0.4, 0.5) is 10.5 Å². The van der Waals surface area contributed by atoms with Gasteiger partial charge >= 0.3 is 6.09 Å². The number of hydrogen-bond acceptors (Lipinski definition) is 4. The molecule has 0 saturated carbocycles. The fourth-order valence-electron chi connectivity index (χ4n) is 1.77. The molecule has 0 aliphatic rings. The van der Waals surface area contributed by atoms with Crippen molar-refractivity contribution in [2.45, 2.75) is 26.4 Å². The summed E-state index contributed by atoms with van der Waals surface area (Å²) in [5.41, 5.74) is 0.208.